The first-order valence-electron chi connectivity index (χ1n) is 12.3. The third-order valence-electron chi connectivity index (χ3n) is 8.71. The predicted molar refractivity (Wildman–Crippen MR) is 119 cm³/mol. The molecule has 0 bridgehead atoms. The van der Waals surface area contributed by atoms with Gasteiger partial charge >= 0.3 is 0 Å². The van der Waals surface area contributed by atoms with Crippen LogP contribution >= 0.6 is 0 Å². The molecule has 162 valence electrons. The Morgan fingerprint density at radius 3 is 2.57 bits per heavy atom. The number of Topliss-reactive ketones (excluding diaryl/α,β-unsaturated/α-hetero) is 1. The van der Waals surface area contributed by atoms with Gasteiger partial charge in [0.25, 0.3) is 0 Å². The summed E-state index contributed by atoms with van der Waals surface area (Å²) in [5, 5.41) is 9.89. The fraction of sp³-hybridized carbons (Fsp3) is 0.720. The molecule has 2 aliphatic heterocycles. The molecule has 1 spiro atoms. The zero-order valence-corrected chi connectivity index (χ0v) is 18.2. The highest BCUT2D eigenvalue weighted by atomic mass is 16.1. The number of rotatable bonds is 6. The third kappa shape index (κ3) is 3.21. The van der Waals surface area contributed by atoms with Gasteiger partial charge in [-0.05, 0) is 75.1 Å². The maximum absolute atomic E-state index is 12.4. The van der Waals surface area contributed by atoms with Crippen molar-refractivity contribution in [3.63, 3.8) is 0 Å². The number of ketones is 1. The van der Waals surface area contributed by atoms with Crippen molar-refractivity contribution in [2.45, 2.75) is 76.0 Å². The zero-order valence-electron chi connectivity index (χ0n) is 18.2. The average molecular weight is 409 g/mol. The molecule has 5 nitrogen and oxygen atoms in total. The number of hydrogen-bond acceptors (Lipinski definition) is 5. The van der Waals surface area contributed by atoms with E-state index < -0.39 is 0 Å². The number of piperidine rings is 1. The summed E-state index contributed by atoms with van der Waals surface area (Å²) in [6, 6.07) is 10.3. The third-order valence-corrected chi connectivity index (χ3v) is 8.71. The molecule has 0 aromatic heterocycles. The summed E-state index contributed by atoms with van der Waals surface area (Å²) < 4.78 is 0. The molecule has 1 aromatic rings. The van der Waals surface area contributed by atoms with E-state index in [-0.39, 0.29) is 5.54 Å². The van der Waals surface area contributed by atoms with Crippen LogP contribution in [0.1, 0.15) is 57.4 Å². The minimum absolute atomic E-state index is 0.0708. The van der Waals surface area contributed by atoms with Crippen molar-refractivity contribution in [3.8, 4) is 0 Å². The minimum atomic E-state index is 0.0708. The first-order valence-corrected chi connectivity index (χ1v) is 12.3. The number of nitrogens with zero attached hydrogens (tertiary/aromatic N) is 1. The second kappa shape index (κ2) is 7.32. The second-order valence-corrected chi connectivity index (χ2v) is 10.7. The van der Waals surface area contributed by atoms with Crippen molar-refractivity contribution in [3.05, 3.63) is 29.8 Å². The first-order chi connectivity index (χ1) is 14.6. The van der Waals surface area contributed by atoms with E-state index in [1.165, 1.54) is 36.9 Å². The van der Waals surface area contributed by atoms with Crippen LogP contribution in [0.3, 0.4) is 0 Å². The molecule has 5 fully saturated rings. The van der Waals surface area contributed by atoms with Gasteiger partial charge in [-0.25, -0.2) is 5.43 Å². The Hall–Kier alpha value is -1.43. The van der Waals surface area contributed by atoms with Crippen LogP contribution in [0.25, 0.3) is 0 Å². The largest absolute Gasteiger partial charge is 0.316 e. The molecule has 2 saturated heterocycles. The highest BCUT2D eigenvalue weighted by Crippen LogP contribution is 2.51. The molecule has 0 amide bonds. The highest BCUT2D eigenvalue weighted by molar-refractivity contribution is 5.81. The SMILES string of the molecule is CC1NN(c2ccc(CNC(C3CC3)C3CC3)cc2)C23CCNCC2CC(=O)CC13. The van der Waals surface area contributed by atoms with E-state index in [9.17, 15) is 4.79 Å². The van der Waals surface area contributed by atoms with Crippen LogP contribution in [0.4, 0.5) is 5.69 Å². The van der Waals surface area contributed by atoms with Crippen molar-refractivity contribution in [2.75, 3.05) is 18.1 Å². The molecule has 2 heterocycles. The highest BCUT2D eigenvalue weighted by Gasteiger charge is 2.60. The molecule has 4 atom stereocenters. The van der Waals surface area contributed by atoms with Crippen molar-refractivity contribution in [1.82, 2.24) is 16.1 Å². The van der Waals surface area contributed by atoms with E-state index in [1.807, 2.05) is 0 Å². The quantitative estimate of drug-likeness (QED) is 0.676. The number of hydrazine groups is 1. The van der Waals surface area contributed by atoms with Gasteiger partial charge in [0.2, 0.25) is 0 Å². The Bertz CT molecular complexity index is 790. The molecular formula is C25H36N4O. The van der Waals surface area contributed by atoms with Gasteiger partial charge in [-0.1, -0.05) is 12.1 Å². The molecular weight excluding hydrogens is 372 g/mol. The number of nitrogens with one attached hydrogen (secondary N) is 3. The lowest BCUT2D eigenvalue weighted by atomic mass is 9.61. The molecule has 3 N–H and O–H groups in total. The van der Waals surface area contributed by atoms with E-state index in [4.69, 9.17) is 0 Å². The predicted octanol–water partition coefficient (Wildman–Crippen LogP) is 3.01. The number of hydrogen-bond donors (Lipinski definition) is 3. The smallest absolute Gasteiger partial charge is 0.133 e. The second-order valence-electron chi connectivity index (χ2n) is 10.7. The summed E-state index contributed by atoms with van der Waals surface area (Å²) in [7, 11) is 0. The summed E-state index contributed by atoms with van der Waals surface area (Å²) in [6.07, 6.45) is 8.26. The van der Waals surface area contributed by atoms with Crippen LogP contribution in [0.15, 0.2) is 24.3 Å². The van der Waals surface area contributed by atoms with Gasteiger partial charge in [-0.15, -0.1) is 0 Å². The van der Waals surface area contributed by atoms with Gasteiger partial charge in [0, 0.05) is 49.9 Å². The summed E-state index contributed by atoms with van der Waals surface area (Å²) in [6.45, 7) is 5.24. The van der Waals surface area contributed by atoms with E-state index in [0.29, 0.717) is 23.7 Å². The van der Waals surface area contributed by atoms with Crippen molar-refractivity contribution in [2.24, 2.45) is 23.7 Å². The van der Waals surface area contributed by atoms with Crippen LogP contribution in [0.5, 0.6) is 0 Å². The summed E-state index contributed by atoms with van der Waals surface area (Å²) in [5.41, 5.74) is 6.49. The van der Waals surface area contributed by atoms with Gasteiger partial charge in [0.15, 0.2) is 0 Å². The molecule has 4 unspecified atom stereocenters. The van der Waals surface area contributed by atoms with E-state index in [2.05, 4.69) is 52.3 Å². The van der Waals surface area contributed by atoms with Crippen LogP contribution in [-0.2, 0) is 11.3 Å². The van der Waals surface area contributed by atoms with E-state index in [1.54, 1.807) is 0 Å². The molecule has 5 aliphatic rings. The van der Waals surface area contributed by atoms with Crippen molar-refractivity contribution in [1.29, 1.82) is 0 Å². The zero-order chi connectivity index (χ0) is 20.3. The number of anilines is 1. The molecule has 3 saturated carbocycles. The fourth-order valence-electron chi connectivity index (χ4n) is 6.89. The van der Waals surface area contributed by atoms with Crippen molar-refractivity contribution >= 4 is 11.5 Å². The number of benzene rings is 1. The fourth-order valence-corrected chi connectivity index (χ4v) is 6.89. The summed E-state index contributed by atoms with van der Waals surface area (Å²) in [5.74, 6) is 3.13. The molecule has 30 heavy (non-hydrogen) atoms. The maximum Gasteiger partial charge on any atom is 0.133 e. The summed E-state index contributed by atoms with van der Waals surface area (Å²) >= 11 is 0. The van der Waals surface area contributed by atoms with Crippen LogP contribution in [0.2, 0.25) is 0 Å². The number of carbonyl (C=O) groups is 1. The Labute approximate surface area is 180 Å². The molecule has 6 rings (SSSR count). The van der Waals surface area contributed by atoms with Crippen LogP contribution in [-0.4, -0.2) is 36.5 Å². The van der Waals surface area contributed by atoms with Gasteiger partial charge in [0.1, 0.15) is 5.78 Å². The van der Waals surface area contributed by atoms with Gasteiger partial charge < -0.3 is 15.6 Å². The number of carbonyl (C=O) groups excluding carboxylic acids is 1. The minimum Gasteiger partial charge on any atom is -0.316 e. The van der Waals surface area contributed by atoms with Gasteiger partial charge in [-0.2, -0.15) is 0 Å². The van der Waals surface area contributed by atoms with Crippen LogP contribution < -0.4 is 21.1 Å². The van der Waals surface area contributed by atoms with E-state index in [0.717, 1.165) is 56.8 Å². The summed E-state index contributed by atoms with van der Waals surface area (Å²) in [4.78, 5) is 12.4. The monoisotopic (exact) mass is 408 g/mol. The Morgan fingerprint density at radius 2 is 1.87 bits per heavy atom. The lowest BCUT2D eigenvalue weighted by molar-refractivity contribution is -0.125. The standard InChI is InChI=1S/C25H36N4O/c1-16-23-13-22(30)12-20-15-26-11-10-25(20,23)29(28-16)21-8-2-17(3-9-21)14-27-24(18-4-5-18)19-6-7-19/h2-3,8-9,16,18-20,23-24,26-28H,4-7,10-15H2,1H3. The topological polar surface area (TPSA) is 56.4 Å². The Kier molecular flexibility index (Phi) is 4.70. The lowest BCUT2D eigenvalue weighted by Gasteiger charge is -2.53. The van der Waals surface area contributed by atoms with Crippen molar-refractivity contribution < 1.29 is 4.79 Å². The lowest BCUT2D eigenvalue weighted by Crippen LogP contribution is -2.64. The Morgan fingerprint density at radius 1 is 1.13 bits per heavy atom. The molecule has 1 aromatic carbocycles. The maximum atomic E-state index is 12.4. The molecule has 3 aliphatic carbocycles. The molecule has 0 radical (unpaired) electrons. The van der Waals surface area contributed by atoms with Crippen LogP contribution in [0, 0.1) is 23.7 Å². The Balaban J connectivity index is 1.21. The first kappa shape index (κ1) is 19.3. The molecule has 5 heteroatoms. The van der Waals surface area contributed by atoms with Gasteiger partial charge in [-0.3, -0.25) is 4.79 Å². The average Bonchev–Trinajstić information content (AvgIpc) is 3.67. The normalized spacial score (nSPS) is 36.1. The van der Waals surface area contributed by atoms with Gasteiger partial charge in [0.05, 0.1) is 11.2 Å². The van der Waals surface area contributed by atoms with E-state index >= 15 is 0 Å².